The molecule has 1 amide bonds. The lowest BCUT2D eigenvalue weighted by Crippen LogP contribution is -2.21. The summed E-state index contributed by atoms with van der Waals surface area (Å²) in [6, 6.07) is 25.5. The van der Waals surface area contributed by atoms with Crippen LogP contribution in [0.2, 0.25) is 0 Å². The molecule has 0 saturated carbocycles. The predicted octanol–water partition coefficient (Wildman–Crippen LogP) is 5.46. The van der Waals surface area contributed by atoms with Crippen molar-refractivity contribution in [3.05, 3.63) is 108 Å². The molecule has 7 heteroatoms. The summed E-state index contributed by atoms with van der Waals surface area (Å²) in [6.07, 6.45) is 0. The maximum absolute atomic E-state index is 12.9. The second-order valence-corrected chi connectivity index (χ2v) is 7.04. The van der Waals surface area contributed by atoms with Gasteiger partial charge in [0.1, 0.15) is 23.9 Å². The fourth-order valence-electron chi connectivity index (χ4n) is 3.10. The highest BCUT2D eigenvalue weighted by Gasteiger charge is 2.16. The second-order valence-electron chi connectivity index (χ2n) is 7.04. The van der Waals surface area contributed by atoms with Crippen molar-refractivity contribution in [1.29, 1.82) is 0 Å². The normalized spacial score (nSPS) is 10.5. The maximum atomic E-state index is 12.9. The van der Waals surface area contributed by atoms with Gasteiger partial charge in [-0.15, -0.1) is 0 Å². The van der Waals surface area contributed by atoms with E-state index in [2.05, 4.69) is 5.32 Å². The summed E-state index contributed by atoms with van der Waals surface area (Å²) in [5.41, 5.74) is 2.42. The SMILES string of the molecule is O=C(COC(=O)c1ccc(COc2ccc(F)cc2)o1)Nc1ccccc1-c1ccccc1. The number of para-hydroxylation sites is 1. The summed E-state index contributed by atoms with van der Waals surface area (Å²) in [6.45, 7) is -0.417. The van der Waals surface area contributed by atoms with Gasteiger partial charge >= 0.3 is 5.97 Å². The summed E-state index contributed by atoms with van der Waals surface area (Å²) in [7, 11) is 0. The maximum Gasteiger partial charge on any atom is 0.374 e. The molecule has 0 radical (unpaired) electrons. The molecule has 1 aromatic heterocycles. The number of esters is 1. The van der Waals surface area contributed by atoms with Crippen LogP contribution in [0.15, 0.2) is 95.4 Å². The third kappa shape index (κ3) is 5.86. The number of anilines is 1. The number of rotatable bonds is 8. The predicted molar refractivity (Wildman–Crippen MR) is 120 cm³/mol. The number of hydrogen-bond donors (Lipinski definition) is 1. The Morgan fingerprint density at radius 1 is 0.848 bits per heavy atom. The minimum atomic E-state index is -0.769. The number of benzene rings is 3. The van der Waals surface area contributed by atoms with Crippen LogP contribution < -0.4 is 10.1 Å². The smallest absolute Gasteiger partial charge is 0.374 e. The Hall–Kier alpha value is -4.39. The molecule has 0 saturated heterocycles. The monoisotopic (exact) mass is 445 g/mol. The first-order valence-corrected chi connectivity index (χ1v) is 10.2. The molecule has 0 atom stereocenters. The van der Waals surface area contributed by atoms with Crippen LogP contribution in [0.4, 0.5) is 10.1 Å². The van der Waals surface area contributed by atoms with Crippen LogP contribution in [0.1, 0.15) is 16.3 Å². The lowest BCUT2D eigenvalue weighted by molar-refractivity contribution is -0.119. The number of ether oxygens (including phenoxy) is 2. The molecule has 0 aliphatic heterocycles. The van der Waals surface area contributed by atoms with Crippen LogP contribution in [0.25, 0.3) is 11.1 Å². The molecule has 1 N–H and O–H groups in total. The minimum absolute atomic E-state index is 0.0507. The molecule has 6 nitrogen and oxygen atoms in total. The van der Waals surface area contributed by atoms with Crippen molar-refractivity contribution < 1.29 is 27.9 Å². The van der Waals surface area contributed by atoms with Crippen molar-refractivity contribution in [2.75, 3.05) is 11.9 Å². The van der Waals surface area contributed by atoms with Gasteiger partial charge in [-0.3, -0.25) is 4.79 Å². The summed E-state index contributed by atoms with van der Waals surface area (Å²) < 4.78 is 28.9. The molecular formula is C26H20FNO5. The lowest BCUT2D eigenvalue weighted by Gasteiger charge is -2.11. The standard InChI is InChI=1S/C26H20FNO5/c27-19-10-12-20(13-11-19)31-16-21-14-15-24(33-21)26(30)32-17-25(29)28-23-9-5-4-8-22(23)18-6-2-1-3-7-18/h1-15H,16-17H2,(H,28,29). The number of halogens is 1. The summed E-state index contributed by atoms with van der Waals surface area (Å²) >= 11 is 0. The highest BCUT2D eigenvalue weighted by molar-refractivity contribution is 5.97. The largest absolute Gasteiger partial charge is 0.486 e. The van der Waals surface area contributed by atoms with Crippen LogP contribution in [0, 0.1) is 5.82 Å². The molecule has 0 unspecified atom stereocenters. The molecule has 0 aliphatic rings. The number of hydrogen-bond acceptors (Lipinski definition) is 5. The van der Waals surface area contributed by atoms with E-state index in [0.717, 1.165) is 11.1 Å². The van der Waals surface area contributed by atoms with Crippen molar-refractivity contribution >= 4 is 17.6 Å². The average Bonchev–Trinajstić information content (AvgIpc) is 3.32. The molecule has 0 bridgehead atoms. The zero-order chi connectivity index (χ0) is 23.0. The number of carbonyl (C=O) groups is 2. The van der Waals surface area contributed by atoms with E-state index in [1.165, 1.54) is 30.3 Å². The van der Waals surface area contributed by atoms with Crippen molar-refractivity contribution in [3.8, 4) is 16.9 Å². The Morgan fingerprint density at radius 3 is 2.36 bits per heavy atom. The van der Waals surface area contributed by atoms with E-state index in [4.69, 9.17) is 13.9 Å². The van der Waals surface area contributed by atoms with E-state index < -0.39 is 18.5 Å². The first-order chi connectivity index (χ1) is 16.1. The van der Waals surface area contributed by atoms with Crippen molar-refractivity contribution in [2.45, 2.75) is 6.61 Å². The number of furan rings is 1. The van der Waals surface area contributed by atoms with Crippen LogP contribution >= 0.6 is 0 Å². The zero-order valence-corrected chi connectivity index (χ0v) is 17.5. The zero-order valence-electron chi connectivity index (χ0n) is 17.5. The molecule has 1 heterocycles. The summed E-state index contributed by atoms with van der Waals surface area (Å²) in [5.74, 6) is -0.812. The third-order valence-corrected chi connectivity index (χ3v) is 4.68. The molecule has 3 aromatic carbocycles. The van der Waals surface area contributed by atoms with Gasteiger partial charge in [-0.05, 0) is 48.0 Å². The van der Waals surface area contributed by atoms with Gasteiger partial charge in [0, 0.05) is 11.3 Å². The lowest BCUT2D eigenvalue weighted by atomic mass is 10.0. The molecule has 4 aromatic rings. The van der Waals surface area contributed by atoms with Gasteiger partial charge in [0.15, 0.2) is 6.61 Å². The summed E-state index contributed by atoms with van der Waals surface area (Å²) in [5, 5.41) is 2.77. The van der Waals surface area contributed by atoms with Crippen LogP contribution in [-0.2, 0) is 16.1 Å². The third-order valence-electron chi connectivity index (χ3n) is 4.68. The van der Waals surface area contributed by atoms with Crippen molar-refractivity contribution in [1.82, 2.24) is 0 Å². The minimum Gasteiger partial charge on any atom is -0.486 e. The van der Waals surface area contributed by atoms with Crippen LogP contribution in [0.3, 0.4) is 0 Å². The Morgan fingerprint density at radius 2 is 1.58 bits per heavy atom. The molecule has 4 rings (SSSR count). The molecule has 0 aliphatic carbocycles. The van der Waals surface area contributed by atoms with E-state index in [-0.39, 0.29) is 18.2 Å². The second kappa shape index (κ2) is 10.3. The molecular weight excluding hydrogens is 425 g/mol. The average molecular weight is 445 g/mol. The molecule has 33 heavy (non-hydrogen) atoms. The van der Waals surface area contributed by atoms with Gasteiger partial charge in [-0.1, -0.05) is 48.5 Å². The number of nitrogens with one attached hydrogen (secondary N) is 1. The first kappa shape index (κ1) is 21.8. The van der Waals surface area contributed by atoms with Gasteiger partial charge in [-0.25, -0.2) is 9.18 Å². The molecule has 0 fully saturated rings. The summed E-state index contributed by atoms with van der Waals surface area (Å²) in [4.78, 5) is 24.6. The molecule has 166 valence electrons. The quantitative estimate of drug-likeness (QED) is 0.365. The van der Waals surface area contributed by atoms with Gasteiger partial charge < -0.3 is 19.2 Å². The fourth-order valence-corrected chi connectivity index (χ4v) is 3.10. The van der Waals surface area contributed by atoms with Gasteiger partial charge in [0.05, 0.1) is 0 Å². The topological polar surface area (TPSA) is 77.8 Å². The van der Waals surface area contributed by atoms with Gasteiger partial charge in [-0.2, -0.15) is 0 Å². The van der Waals surface area contributed by atoms with Crippen LogP contribution in [0.5, 0.6) is 5.75 Å². The van der Waals surface area contributed by atoms with Gasteiger partial charge in [0.25, 0.3) is 5.91 Å². The van der Waals surface area contributed by atoms with Gasteiger partial charge in [0.2, 0.25) is 5.76 Å². The Labute approximate surface area is 189 Å². The fraction of sp³-hybridized carbons (Fsp3) is 0.0769. The van der Waals surface area contributed by atoms with E-state index >= 15 is 0 Å². The number of amides is 1. The van der Waals surface area contributed by atoms with E-state index in [9.17, 15) is 14.0 Å². The highest BCUT2D eigenvalue weighted by Crippen LogP contribution is 2.27. The molecule has 0 spiro atoms. The van der Waals surface area contributed by atoms with E-state index in [1.807, 2.05) is 48.5 Å². The Kier molecular flexibility index (Phi) is 6.80. The first-order valence-electron chi connectivity index (χ1n) is 10.2. The Bertz CT molecular complexity index is 1240. The van der Waals surface area contributed by atoms with Crippen molar-refractivity contribution in [3.63, 3.8) is 0 Å². The van der Waals surface area contributed by atoms with E-state index in [0.29, 0.717) is 17.2 Å². The van der Waals surface area contributed by atoms with E-state index in [1.54, 1.807) is 12.1 Å². The van der Waals surface area contributed by atoms with Crippen LogP contribution in [-0.4, -0.2) is 18.5 Å². The number of carbonyl (C=O) groups excluding carboxylic acids is 2. The Balaban J connectivity index is 1.30. The highest BCUT2D eigenvalue weighted by atomic mass is 19.1. The van der Waals surface area contributed by atoms with Crippen molar-refractivity contribution in [2.24, 2.45) is 0 Å².